The van der Waals surface area contributed by atoms with Gasteiger partial charge in [-0.15, -0.1) is 0 Å². The first-order valence-corrected chi connectivity index (χ1v) is 34.6. The highest BCUT2D eigenvalue weighted by atomic mass is 16.5. The van der Waals surface area contributed by atoms with Crippen molar-refractivity contribution in [3.05, 3.63) is 431 Å². The average Bonchev–Trinajstić information content (AvgIpc) is 0.815. The van der Waals surface area contributed by atoms with Gasteiger partial charge in [-0.2, -0.15) is 0 Å². The fourth-order valence-electron chi connectivity index (χ4n) is 13.2. The molecule has 0 heterocycles. The molecule has 16 rings (SSSR count). The van der Waals surface area contributed by atoms with Gasteiger partial charge < -0.3 is 34.0 Å². The van der Waals surface area contributed by atoms with Crippen LogP contribution in [0.5, 0.6) is 23.0 Å². The normalized spacial score (nSPS) is 11.0. The Morgan fingerprint density at radius 2 is 0.282 bits per heavy atom. The van der Waals surface area contributed by atoms with E-state index >= 15 is 0 Å². The lowest BCUT2D eigenvalue weighted by atomic mass is 10.0. The second-order valence-corrected chi connectivity index (χ2v) is 24.9. The number of anilines is 15. The maximum absolute atomic E-state index is 8.33. The second kappa shape index (κ2) is 30.1. The molecule has 0 N–H and O–H groups in total. The third-order valence-corrected chi connectivity index (χ3v) is 18.3. The van der Waals surface area contributed by atoms with Gasteiger partial charge in [0.05, 0.1) is 1.37 Å². The summed E-state index contributed by atoms with van der Waals surface area (Å²) >= 11 is 0. The van der Waals surface area contributed by atoms with Crippen LogP contribution in [0.15, 0.2) is 431 Å². The number of rotatable bonds is 22. The number of hydrogen-bond donors (Lipinski definition) is 0. The summed E-state index contributed by atoms with van der Waals surface area (Å²) in [5.41, 5.74) is 22.2. The molecule has 0 aliphatic heterocycles. The third kappa shape index (κ3) is 14.5. The van der Waals surface area contributed by atoms with Gasteiger partial charge in [0.25, 0.3) is 0 Å². The van der Waals surface area contributed by atoms with Gasteiger partial charge in [-0.05, 0) is 264 Å². The van der Waals surface area contributed by atoms with Crippen LogP contribution in [0.3, 0.4) is 0 Å². The summed E-state index contributed by atoms with van der Waals surface area (Å²) in [7, 11) is 0. The molecule has 0 spiro atoms. The molecule has 0 aromatic heterocycles. The Bertz CT molecular complexity index is 5380. The topological polar surface area (TPSA) is 34.7 Å². The molecule has 492 valence electrons. The van der Waals surface area contributed by atoms with E-state index in [0.29, 0.717) is 11.8 Å². The lowest BCUT2D eigenvalue weighted by Gasteiger charge is -2.26. The molecule has 7 heteroatoms. The van der Waals surface area contributed by atoms with Crippen LogP contribution in [0.2, 0.25) is 0 Å². The van der Waals surface area contributed by atoms with Gasteiger partial charge in [-0.25, -0.2) is 0 Å². The predicted molar refractivity (Wildman–Crippen MR) is 429 cm³/mol. The molecule has 103 heavy (non-hydrogen) atoms. The van der Waals surface area contributed by atoms with Gasteiger partial charge in [-0.1, -0.05) is 200 Å². The van der Waals surface area contributed by atoms with Gasteiger partial charge in [0.15, 0.2) is 0 Å². The van der Waals surface area contributed by atoms with Crippen molar-refractivity contribution in [3.63, 3.8) is 0 Å². The number of para-hydroxylation sites is 6. The van der Waals surface area contributed by atoms with E-state index in [4.69, 9.17) is 10.8 Å². The Hall–Kier alpha value is -13.9. The molecule has 0 atom stereocenters. The highest BCUT2D eigenvalue weighted by Crippen LogP contribution is 2.44. The Labute approximate surface area is 604 Å². The van der Waals surface area contributed by atoms with Crippen molar-refractivity contribution in [1.82, 2.24) is 0 Å². The number of nitrogens with zero attached hydrogens (tertiary/aromatic N) is 5. The lowest BCUT2D eigenvalue weighted by Crippen LogP contribution is -2.10. The molecule has 0 saturated carbocycles. The molecular formula is C96H71N5O2. The molecular weight excluding hydrogens is 1260 g/mol. The van der Waals surface area contributed by atoms with Gasteiger partial charge in [0.1, 0.15) is 23.0 Å². The van der Waals surface area contributed by atoms with E-state index in [1.165, 1.54) is 0 Å². The Morgan fingerprint density at radius 1 is 0.136 bits per heavy atom. The number of ether oxygens (including phenoxy) is 2. The molecule has 0 amide bonds. The SMILES string of the molecule is [3H]c1cccc(N(c2ccccc2)c2ccc(-c3ccc(N(c4ccccc4)c4ccc(Oc5ccc(N(c6ccc(Oc7ccc(N(c8ccccc8)c8ccc(-c9ccc(N(c%10ccccc%10)c%10ccccc%10)cc9)cc8)cc7)cc6)c6ccc(-c7ccccc7)cc6)cc5)cc4)cc3)cc2)c1. The van der Waals surface area contributed by atoms with Gasteiger partial charge in [0.2, 0.25) is 0 Å². The summed E-state index contributed by atoms with van der Waals surface area (Å²) in [6.07, 6.45) is 0. The molecule has 0 radical (unpaired) electrons. The maximum Gasteiger partial charge on any atom is 0.127 e. The van der Waals surface area contributed by atoms with E-state index < -0.39 is 0 Å². The smallest absolute Gasteiger partial charge is 0.127 e. The third-order valence-electron chi connectivity index (χ3n) is 18.3. The van der Waals surface area contributed by atoms with Crippen LogP contribution in [0.4, 0.5) is 85.3 Å². The molecule has 0 aliphatic rings. The van der Waals surface area contributed by atoms with E-state index in [9.17, 15) is 0 Å². The highest BCUT2D eigenvalue weighted by molar-refractivity contribution is 5.85. The quantitative estimate of drug-likeness (QED) is 0.0669. The number of benzene rings is 16. The summed E-state index contributed by atoms with van der Waals surface area (Å²) in [5, 5.41) is 0. The van der Waals surface area contributed by atoms with Crippen LogP contribution < -0.4 is 34.0 Å². The Balaban J connectivity index is 0.609. The van der Waals surface area contributed by atoms with Crippen molar-refractivity contribution in [2.45, 2.75) is 0 Å². The summed E-state index contributed by atoms with van der Waals surface area (Å²) in [6, 6.07) is 148. The van der Waals surface area contributed by atoms with E-state index in [-0.39, 0.29) is 0 Å². The van der Waals surface area contributed by atoms with Crippen molar-refractivity contribution in [2.24, 2.45) is 0 Å². The molecule has 0 bridgehead atoms. The second-order valence-electron chi connectivity index (χ2n) is 24.9. The lowest BCUT2D eigenvalue weighted by molar-refractivity contribution is 0.482. The minimum atomic E-state index is 0.467. The van der Waals surface area contributed by atoms with Crippen molar-refractivity contribution in [2.75, 3.05) is 24.5 Å². The van der Waals surface area contributed by atoms with Crippen LogP contribution in [0, 0.1) is 0 Å². The predicted octanol–water partition coefficient (Wildman–Crippen LogP) is 27.6. The molecule has 0 unspecified atom stereocenters. The van der Waals surface area contributed by atoms with Crippen LogP contribution in [-0.4, -0.2) is 0 Å². The maximum atomic E-state index is 8.33. The molecule has 0 aliphatic carbocycles. The van der Waals surface area contributed by atoms with Crippen LogP contribution >= 0.6 is 0 Å². The van der Waals surface area contributed by atoms with Crippen molar-refractivity contribution in [3.8, 4) is 56.4 Å². The van der Waals surface area contributed by atoms with Gasteiger partial charge in [-0.3, -0.25) is 0 Å². The first-order chi connectivity index (χ1) is 51.4. The zero-order valence-corrected chi connectivity index (χ0v) is 56.5. The summed E-state index contributed by atoms with van der Waals surface area (Å²) in [4.78, 5) is 11.2. The zero-order valence-electron chi connectivity index (χ0n) is 57.5. The van der Waals surface area contributed by atoms with E-state index in [1.807, 2.05) is 103 Å². The first kappa shape index (κ1) is 62.6. The first-order valence-electron chi connectivity index (χ1n) is 35.1. The molecule has 7 nitrogen and oxygen atoms in total. The fourth-order valence-corrected chi connectivity index (χ4v) is 13.2. The van der Waals surface area contributed by atoms with Crippen LogP contribution in [0.25, 0.3) is 33.4 Å². The average molecular weight is 1330 g/mol. The highest BCUT2D eigenvalue weighted by Gasteiger charge is 2.20. The summed E-state index contributed by atoms with van der Waals surface area (Å²) < 4.78 is 21.5. The Kier molecular flexibility index (Phi) is 18.3. The minimum absolute atomic E-state index is 0.467. The van der Waals surface area contributed by atoms with Crippen LogP contribution in [-0.2, 0) is 0 Å². The van der Waals surface area contributed by atoms with Gasteiger partial charge in [0, 0.05) is 85.3 Å². The van der Waals surface area contributed by atoms with Gasteiger partial charge >= 0.3 is 0 Å². The Morgan fingerprint density at radius 3 is 0.476 bits per heavy atom. The van der Waals surface area contributed by atoms with E-state index in [1.54, 1.807) is 6.07 Å². The molecule has 0 saturated heterocycles. The number of hydrogen-bond acceptors (Lipinski definition) is 7. The van der Waals surface area contributed by atoms with Crippen molar-refractivity contribution < 1.29 is 10.8 Å². The fraction of sp³-hybridized carbons (Fsp3) is 0. The van der Waals surface area contributed by atoms with Crippen LogP contribution in [0.1, 0.15) is 1.37 Å². The standard InChI is InChI=1S/C96H71N5O2/c1-8-22-72(23-9-1)73-36-46-88(47-37-73)101(91-60-68-95(69-61-91)102-93-64-56-89(57-65-93)99(82-32-18-6-19-33-82)86-52-42-76(43-53-86)74-38-48-84(49-39-74)97(78-24-10-2-11-25-78)79-26-12-3-13-27-79)92-62-70-96(71-63-92)103-94-66-58-90(59-67-94)100(83-34-20-7-21-35-83)87-54-44-77(45-55-87)75-40-50-85(51-41-75)98(80-28-14-4-15-29-80)81-30-16-5-17-31-81/h1-71H/i10T. The molecule has 16 aromatic rings. The summed E-state index contributed by atoms with van der Waals surface area (Å²) in [6.45, 7) is 0. The van der Waals surface area contributed by atoms with E-state index in [2.05, 4.69) is 340 Å². The molecule has 0 fully saturated rings. The largest absolute Gasteiger partial charge is 0.457 e. The minimum Gasteiger partial charge on any atom is -0.457 e. The summed E-state index contributed by atoms with van der Waals surface area (Å²) in [5.74, 6) is 2.88. The molecule has 16 aromatic carbocycles. The van der Waals surface area contributed by atoms with E-state index in [0.717, 1.165) is 136 Å². The zero-order chi connectivity index (χ0) is 69.8. The monoisotopic (exact) mass is 1330 g/mol. The van der Waals surface area contributed by atoms with Crippen molar-refractivity contribution in [1.29, 1.82) is 0 Å². The van der Waals surface area contributed by atoms with Crippen molar-refractivity contribution >= 4 is 85.3 Å².